The summed E-state index contributed by atoms with van der Waals surface area (Å²) in [4.78, 5) is 74.5. The molecule has 0 aliphatic carbocycles. The Kier molecular flexibility index (Phi) is 11.8. The van der Waals surface area contributed by atoms with E-state index in [1.165, 1.54) is 14.2 Å². The van der Waals surface area contributed by atoms with Gasteiger partial charge in [-0.3, -0.25) is 14.5 Å². The fraction of sp³-hybridized carbons (Fsp3) is 0.590. The highest BCUT2D eigenvalue weighted by Gasteiger charge is 2.40. The summed E-state index contributed by atoms with van der Waals surface area (Å²) in [5, 5.41) is 12.3. The number of nitrogens with one attached hydrogen (secondary N) is 3. The molecule has 6 rings (SSSR count). The fourth-order valence-corrected chi connectivity index (χ4v) is 8.36. The maximum absolute atomic E-state index is 13.6. The van der Waals surface area contributed by atoms with Gasteiger partial charge >= 0.3 is 12.2 Å². The van der Waals surface area contributed by atoms with Crippen molar-refractivity contribution in [3.05, 3.63) is 54.0 Å². The van der Waals surface area contributed by atoms with E-state index in [0.29, 0.717) is 19.0 Å². The molecule has 15 nitrogen and oxygen atoms in total. The number of ether oxygens (including phenoxy) is 1. The lowest BCUT2D eigenvalue weighted by atomic mass is 9.93. The first-order valence-corrected chi connectivity index (χ1v) is 19.2. The van der Waals surface area contributed by atoms with E-state index < -0.39 is 24.3 Å². The number of aromatic nitrogens is 4. The van der Waals surface area contributed by atoms with Crippen molar-refractivity contribution >= 4 is 29.7 Å². The van der Waals surface area contributed by atoms with Gasteiger partial charge in [0.2, 0.25) is 11.8 Å². The Morgan fingerprint density at radius 2 is 1.43 bits per heavy atom. The van der Waals surface area contributed by atoms with Gasteiger partial charge in [-0.2, -0.15) is 0 Å². The number of piperidine rings is 1. The number of carbonyl (C=O) groups excluding carboxylic acids is 3. The summed E-state index contributed by atoms with van der Waals surface area (Å²) < 4.78 is 4.75. The second-order valence-corrected chi connectivity index (χ2v) is 15.5. The van der Waals surface area contributed by atoms with E-state index in [1.54, 1.807) is 0 Å². The van der Waals surface area contributed by atoms with E-state index in [2.05, 4.69) is 44.5 Å². The third-order valence-electron chi connectivity index (χ3n) is 11.4. The minimum absolute atomic E-state index is 0.0984. The summed E-state index contributed by atoms with van der Waals surface area (Å²) in [6.07, 6.45) is 7.33. The van der Waals surface area contributed by atoms with Crippen LogP contribution in [0.1, 0.15) is 102 Å². The molecule has 0 radical (unpaired) electrons. The number of likely N-dealkylation sites (N-methyl/N-ethyl adjacent to an activating group) is 1. The lowest BCUT2D eigenvalue weighted by Crippen LogP contribution is -2.51. The SMILES string of the molecule is COC(=O)N[C@H](C(=O)N1CCCC1c1nc(-c2ccc(N3CCC(c4c[nH]c([C@@H]5CCCN5C(=O)[C@H](C(C)C)N(C)C(=O)O)n4)CC3)cc2)c[nH]1)C(C)C. The number of anilines is 1. The van der Waals surface area contributed by atoms with Gasteiger partial charge in [0, 0.05) is 62.8 Å². The number of methoxy groups -OCH3 is 1. The van der Waals surface area contributed by atoms with Gasteiger partial charge in [-0.25, -0.2) is 19.6 Å². The van der Waals surface area contributed by atoms with Crippen LogP contribution < -0.4 is 10.2 Å². The Hall–Kier alpha value is -5.08. The van der Waals surface area contributed by atoms with Gasteiger partial charge in [-0.1, -0.05) is 39.8 Å². The molecule has 1 unspecified atom stereocenters. The summed E-state index contributed by atoms with van der Waals surface area (Å²) in [6, 6.07) is 6.63. The van der Waals surface area contributed by atoms with E-state index in [0.717, 1.165) is 90.8 Å². The van der Waals surface area contributed by atoms with Gasteiger partial charge < -0.3 is 39.8 Å². The number of nitrogens with zero attached hydrogens (tertiary/aromatic N) is 6. The van der Waals surface area contributed by atoms with Crippen molar-refractivity contribution in [2.45, 2.75) is 96.3 Å². The molecule has 3 aliphatic heterocycles. The fourth-order valence-electron chi connectivity index (χ4n) is 8.36. The number of carboxylic acid groups (broad SMARTS) is 1. The maximum atomic E-state index is 13.6. The molecule has 1 aromatic carbocycles. The largest absolute Gasteiger partial charge is 0.465 e. The first-order valence-electron chi connectivity index (χ1n) is 19.2. The number of hydrogen-bond donors (Lipinski definition) is 4. The highest BCUT2D eigenvalue weighted by atomic mass is 16.5. The van der Waals surface area contributed by atoms with Crippen LogP contribution >= 0.6 is 0 Å². The van der Waals surface area contributed by atoms with Crippen molar-refractivity contribution in [2.24, 2.45) is 11.8 Å². The van der Waals surface area contributed by atoms with E-state index >= 15 is 0 Å². The summed E-state index contributed by atoms with van der Waals surface area (Å²) in [5.74, 6) is 1.27. The number of carbonyl (C=O) groups is 4. The summed E-state index contributed by atoms with van der Waals surface area (Å²) in [6.45, 7) is 10.5. The van der Waals surface area contributed by atoms with E-state index in [9.17, 15) is 24.3 Å². The molecule has 292 valence electrons. The second kappa shape index (κ2) is 16.5. The van der Waals surface area contributed by atoms with Crippen molar-refractivity contribution in [1.82, 2.24) is 40.0 Å². The van der Waals surface area contributed by atoms with Crippen LogP contribution in [-0.2, 0) is 14.3 Å². The number of aromatic amines is 2. The molecule has 0 spiro atoms. The molecule has 4 amide bonds. The lowest BCUT2D eigenvalue weighted by molar-refractivity contribution is -0.138. The topological polar surface area (TPSA) is 180 Å². The average Bonchev–Trinajstić information content (AvgIpc) is 4.00. The minimum atomic E-state index is -1.11. The molecule has 5 heterocycles. The predicted octanol–water partition coefficient (Wildman–Crippen LogP) is 5.53. The highest BCUT2D eigenvalue weighted by molar-refractivity contribution is 5.87. The molecule has 4 N–H and O–H groups in total. The van der Waals surface area contributed by atoms with Crippen LogP contribution in [0.15, 0.2) is 36.7 Å². The van der Waals surface area contributed by atoms with Gasteiger partial charge in [-0.15, -0.1) is 0 Å². The number of H-pyrrole nitrogens is 2. The van der Waals surface area contributed by atoms with Gasteiger partial charge in [0.05, 0.1) is 30.6 Å². The van der Waals surface area contributed by atoms with Crippen LogP contribution in [0.4, 0.5) is 15.3 Å². The molecule has 0 saturated carbocycles. The molecule has 4 atom stereocenters. The van der Waals surface area contributed by atoms with E-state index in [-0.39, 0.29) is 35.7 Å². The molecule has 3 aliphatic rings. The smallest absolute Gasteiger partial charge is 0.407 e. The third kappa shape index (κ3) is 8.04. The zero-order valence-corrected chi connectivity index (χ0v) is 32.2. The van der Waals surface area contributed by atoms with Crippen molar-refractivity contribution in [2.75, 3.05) is 45.2 Å². The van der Waals surface area contributed by atoms with Crippen molar-refractivity contribution in [1.29, 1.82) is 0 Å². The van der Waals surface area contributed by atoms with Crippen molar-refractivity contribution in [3.8, 4) is 11.3 Å². The molecule has 0 bridgehead atoms. The zero-order chi connectivity index (χ0) is 38.7. The van der Waals surface area contributed by atoms with E-state index in [4.69, 9.17) is 14.7 Å². The molecular formula is C39H55N9O6. The molecular weight excluding hydrogens is 690 g/mol. The molecule has 15 heteroatoms. The van der Waals surface area contributed by atoms with Crippen molar-refractivity contribution in [3.63, 3.8) is 0 Å². The van der Waals surface area contributed by atoms with Gasteiger partial charge in [0.15, 0.2) is 0 Å². The van der Waals surface area contributed by atoms with Crippen LogP contribution in [0.2, 0.25) is 0 Å². The number of amides is 4. The van der Waals surface area contributed by atoms with Crippen molar-refractivity contribution < 1.29 is 29.0 Å². The maximum Gasteiger partial charge on any atom is 0.407 e. The third-order valence-corrected chi connectivity index (χ3v) is 11.4. The highest BCUT2D eigenvalue weighted by Crippen LogP contribution is 2.36. The second-order valence-electron chi connectivity index (χ2n) is 15.5. The van der Waals surface area contributed by atoms with Crippen LogP contribution in [0.25, 0.3) is 11.3 Å². The minimum Gasteiger partial charge on any atom is -0.465 e. The zero-order valence-electron chi connectivity index (χ0n) is 32.2. The molecule has 3 aromatic rings. The number of imidazole rings is 2. The van der Waals surface area contributed by atoms with Crippen LogP contribution in [0.3, 0.4) is 0 Å². The molecule has 3 fully saturated rings. The van der Waals surface area contributed by atoms with Gasteiger partial charge in [0.1, 0.15) is 23.7 Å². The Morgan fingerprint density at radius 1 is 0.833 bits per heavy atom. The number of alkyl carbamates (subject to hydrolysis) is 1. The Morgan fingerprint density at radius 3 is 2.00 bits per heavy atom. The summed E-state index contributed by atoms with van der Waals surface area (Å²) >= 11 is 0. The number of likely N-dealkylation sites (tertiary alicyclic amines) is 2. The van der Waals surface area contributed by atoms with Crippen LogP contribution in [-0.4, -0.2) is 116 Å². The van der Waals surface area contributed by atoms with Gasteiger partial charge in [0.25, 0.3) is 0 Å². The molecule has 54 heavy (non-hydrogen) atoms. The Bertz CT molecular complexity index is 1780. The number of rotatable bonds is 11. The molecule has 2 aromatic heterocycles. The predicted molar refractivity (Wildman–Crippen MR) is 203 cm³/mol. The summed E-state index contributed by atoms with van der Waals surface area (Å²) in [5.41, 5.74) is 3.95. The van der Waals surface area contributed by atoms with Crippen LogP contribution in [0, 0.1) is 11.8 Å². The number of hydrogen-bond acceptors (Lipinski definition) is 8. The van der Waals surface area contributed by atoms with Crippen LogP contribution in [0.5, 0.6) is 0 Å². The first-order chi connectivity index (χ1) is 25.9. The first kappa shape index (κ1) is 38.6. The lowest BCUT2D eigenvalue weighted by Gasteiger charge is -2.34. The monoisotopic (exact) mass is 745 g/mol. The Labute approximate surface area is 316 Å². The molecule has 3 saturated heterocycles. The summed E-state index contributed by atoms with van der Waals surface area (Å²) in [7, 11) is 2.76. The quantitative estimate of drug-likeness (QED) is 0.196. The Balaban J connectivity index is 1.05. The van der Waals surface area contributed by atoms with E-state index in [1.807, 2.05) is 49.9 Å². The van der Waals surface area contributed by atoms with Gasteiger partial charge in [-0.05, 0) is 62.5 Å². The number of benzene rings is 1. The standard InChI is InChI=1S/C39H55N9O6/c1-23(2)32(44-38(51)54-6)36(49)47-17-7-9-30(47)34-40-21-28(42-34)25-11-13-27(14-12-25)46-19-15-26(16-20-46)29-22-41-35(43-29)31-10-8-18-48(31)37(50)33(24(3)4)45(5)39(52)53/h11-14,21-24,26,30-33H,7-10,15-20H2,1-6H3,(H,40,42)(H,41,43)(H,44,51)(H,52,53)/t30?,31-,32-,33-/m0/s1. The normalized spacial score (nSPS) is 20.4. The average molecular weight is 746 g/mol.